The van der Waals surface area contributed by atoms with Crippen LogP contribution in [0.1, 0.15) is 49.4 Å². The maximum Gasteiger partial charge on any atom is 0.253 e. The Balaban J connectivity index is 2.29. The maximum absolute atomic E-state index is 12.6. The van der Waals surface area contributed by atoms with Crippen molar-refractivity contribution in [1.82, 2.24) is 9.80 Å². The van der Waals surface area contributed by atoms with E-state index in [-0.39, 0.29) is 11.8 Å². The molecule has 0 bridgehead atoms. The number of hydrogen-bond donors (Lipinski definition) is 2. The molecule has 0 fully saturated rings. The van der Waals surface area contributed by atoms with Gasteiger partial charge in [-0.1, -0.05) is 12.1 Å². The molecule has 0 unspecified atom stereocenters. The summed E-state index contributed by atoms with van der Waals surface area (Å²) in [5, 5.41) is 0. The van der Waals surface area contributed by atoms with Gasteiger partial charge < -0.3 is 21.3 Å². The average molecular weight is 436 g/mol. The fraction of sp³-hybridized carbons (Fsp3) is 0.400. The third-order valence-corrected chi connectivity index (χ3v) is 6.30. The van der Waals surface area contributed by atoms with E-state index in [1.54, 1.807) is 45.0 Å². The summed E-state index contributed by atoms with van der Waals surface area (Å²) in [5.74, 6) is 0.385. The first-order valence-corrected chi connectivity index (χ1v) is 10.8. The quantitative estimate of drug-likeness (QED) is 0.552. The Labute approximate surface area is 190 Å². The molecule has 32 heavy (non-hydrogen) atoms. The van der Waals surface area contributed by atoms with Crippen LogP contribution in [0.25, 0.3) is 0 Å². The number of aryl methyl sites for hydroxylation is 2. The van der Waals surface area contributed by atoms with Gasteiger partial charge in [0.15, 0.2) is 0 Å². The molecule has 1 aliphatic rings. The summed E-state index contributed by atoms with van der Waals surface area (Å²) >= 11 is 0. The van der Waals surface area contributed by atoms with Gasteiger partial charge in [-0.2, -0.15) is 0 Å². The second-order valence-electron chi connectivity index (χ2n) is 8.70. The summed E-state index contributed by atoms with van der Waals surface area (Å²) in [6.45, 7) is 0.409. The number of carbonyl (C=O) groups excluding carboxylic acids is 2. The molecule has 170 valence electrons. The minimum Gasteiger partial charge on any atom is -0.386 e. The number of aliphatic imine (C=N–C) groups is 1. The predicted octanol–water partition coefficient (Wildman–Crippen LogP) is 1.81. The Kier molecular flexibility index (Phi) is 6.69. The minimum absolute atomic E-state index is 0.0463. The zero-order valence-electron chi connectivity index (χ0n) is 19.6. The van der Waals surface area contributed by atoms with Crippen molar-refractivity contribution in [3.8, 4) is 0 Å². The lowest BCUT2D eigenvalue weighted by molar-refractivity contribution is 0.0820. The lowest BCUT2D eigenvalue weighted by Crippen LogP contribution is -2.45. The monoisotopic (exact) mass is 435 g/mol. The predicted molar refractivity (Wildman–Crippen MR) is 128 cm³/mol. The van der Waals surface area contributed by atoms with E-state index < -0.39 is 5.41 Å². The zero-order valence-corrected chi connectivity index (χ0v) is 19.6. The third-order valence-electron chi connectivity index (χ3n) is 6.30. The third kappa shape index (κ3) is 3.88. The highest BCUT2D eigenvalue weighted by Gasteiger charge is 2.42. The summed E-state index contributed by atoms with van der Waals surface area (Å²) in [6, 6.07) is 11.6. The molecule has 3 rings (SSSR count). The van der Waals surface area contributed by atoms with E-state index in [9.17, 15) is 9.59 Å². The number of amides is 2. The van der Waals surface area contributed by atoms with Crippen LogP contribution in [0.3, 0.4) is 0 Å². The summed E-state index contributed by atoms with van der Waals surface area (Å²) < 4.78 is 0. The Hall–Kier alpha value is -3.19. The Morgan fingerprint density at radius 1 is 0.906 bits per heavy atom. The Morgan fingerprint density at radius 2 is 1.34 bits per heavy atom. The lowest BCUT2D eigenvalue weighted by Gasteiger charge is -2.36. The zero-order chi connectivity index (χ0) is 23.6. The largest absolute Gasteiger partial charge is 0.386 e. The van der Waals surface area contributed by atoms with Gasteiger partial charge in [0.05, 0.1) is 5.41 Å². The number of nitrogens with zero attached hydrogens (tertiary/aromatic N) is 3. The number of carbonyl (C=O) groups is 2. The maximum atomic E-state index is 12.6. The first-order valence-electron chi connectivity index (χ1n) is 10.8. The average Bonchev–Trinajstić information content (AvgIpc) is 2.92. The van der Waals surface area contributed by atoms with Gasteiger partial charge in [0.2, 0.25) is 0 Å². The number of benzene rings is 2. The van der Waals surface area contributed by atoms with Crippen LogP contribution < -0.4 is 11.5 Å². The molecule has 0 radical (unpaired) electrons. The van der Waals surface area contributed by atoms with Crippen LogP contribution in [0.2, 0.25) is 0 Å². The topological polar surface area (TPSA) is 105 Å². The van der Waals surface area contributed by atoms with Crippen LogP contribution in [0.15, 0.2) is 41.4 Å². The van der Waals surface area contributed by atoms with Gasteiger partial charge in [0.25, 0.3) is 11.8 Å². The van der Waals surface area contributed by atoms with Crippen LogP contribution in [0.4, 0.5) is 0 Å². The van der Waals surface area contributed by atoms with E-state index in [4.69, 9.17) is 11.5 Å². The molecular weight excluding hydrogens is 402 g/mol. The Morgan fingerprint density at radius 3 is 1.69 bits per heavy atom. The fourth-order valence-electron chi connectivity index (χ4n) is 4.71. The minimum atomic E-state index is -0.718. The van der Waals surface area contributed by atoms with Crippen LogP contribution in [0.5, 0.6) is 0 Å². The van der Waals surface area contributed by atoms with Gasteiger partial charge >= 0.3 is 0 Å². The molecule has 0 atom stereocenters. The van der Waals surface area contributed by atoms with E-state index in [1.165, 1.54) is 0 Å². The van der Waals surface area contributed by atoms with Crippen molar-refractivity contribution in [2.45, 2.75) is 24.7 Å². The summed E-state index contributed by atoms with van der Waals surface area (Å²) in [4.78, 5) is 32.8. The van der Waals surface area contributed by atoms with Gasteiger partial charge in [-0.3, -0.25) is 14.6 Å². The second kappa shape index (κ2) is 9.12. The van der Waals surface area contributed by atoms with Crippen LogP contribution in [0, 0.1) is 0 Å². The molecule has 0 heterocycles. The van der Waals surface area contributed by atoms with Gasteiger partial charge in [-0.25, -0.2) is 0 Å². The number of hydrogen-bond acceptors (Lipinski definition) is 4. The van der Waals surface area contributed by atoms with Gasteiger partial charge in [-0.05, 0) is 72.3 Å². The highest BCUT2D eigenvalue weighted by molar-refractivity contribution is 5.99. The smallest absolute Gasteiger partial charge is 0.253 e. The molecule has 1 aliphatic carbocycles. The summed E-state index contributed by atoms with van der Waals surface area (Å²) in [6.07, 6.45) is 2.01. The van der Waals surface area contributed by atoms with Crippen molar-refractivity contribution in [2.75, 3.05) is 41.8 Å². The van der Waals surface area contributed by atoms with Crippen molar-refractivity contribution >= 4 is 17.6 Å². The first-order chi connectivity index (χ1) is 15.2. The normalized spacial score (nSPS) is 14.8. The van der Waals surface area contributed by atoms with E-state index in [1.807, 2.05) is 36.4 Å². The second-order valence-corrected chi connectivity index (χ2v) is 8.70. The fourth-order valence-corrected chi connectivity index (χ4v) is 4.71. The lowest BCUT2D eigenvalue weighted by atomic mass is 9.69. The van der Waals surface area contributed by atoms with Crippen molar-refractivity contribution in [2.24, 2.45) is 16.5 Å². The molecule has 0 spiro atoms. The molecule has 2 aromatic carbocycles. The van der Waals surface area contributed by atoms with Gasteiger partial charge in [-0.15, -0.1) is 0 Å². The number of amidine groups is 1. The number of fused-ring (bicyclic) bond motifs is 2. The molecule has 0 aromatic heterocycles. The first kappa shape index (κ1) is 23.5. The van der Waals surface area contributed by atoms with E-state index in [0.717, 1.165) is 35.1 Å². The highest BCUT2D eigenvalue weighted by Crippen LogP contribution is 2.43. The van der Waals surface area contributed by atoms with Crippen LogP contribution in [-0.4, -0.2) is 69.2 Å². The molecule has 0 saturated heterocycles. The molecule has 0 aliphatic heterocycles. The molecule has 2 aromatic rings. The highest BCUT2D eigenvalue weighted by atomic mass is 16.2. The van der Waals surface area contributed by atoms with Crippen molar-refractivity contribution < 1.29 is 9.59 Å². The SMILES string of the molecule is CN=C(N)C1(CCN)c2ccc(C(=O)N(C)C)cc2CCc2cc(C(=O)N(C)C)ccc21. The van der Waals surface area contributed by atoms with Crippen molar-refractivity contribution in [3.05, 3.63) is 69.8 Å². The van der Waals surface area contributed by atoms with Crippen LogP contribution >= 0.6 is 0 Å². The molecule has 0 saturated carbocycles. The van der Waals surface area contributed by atoms with Gasteiger partial charge in [0, 0.05) is 46.4 Å². The summed E-state index contributed by atoms with van der Waals surface area (Å²) in [7, 11) is 8.66. The molecule has 7 nitrogen and oxygen atoms in total. The van der Waals surface area contributed by atoms with E-state index in [2.05, 4.69) is 4.99 Å². The molecule has 2 amide bonds. The number of rotatable bonds is 5. The van der Waals surface area contributed by atoms with E-state index >= 15 is 0 Å². The summed E-state index contributed by atoms with van der Waals surface area (Å²) in [5.41, 5.74) is 17.4. The van der Waals surface area contributed by atoms with Gasteiger partial charge in [0.1, 0.15) is 5.84 Å². The molecular formula is C25H33N5O2. The van der Waals surface area contributed by atoms with E-state index in [0.29, 0.717) is 29.9 Å². The number of nitrogens with two attached hydrogens (primary N) is 2. The van der Waals surface area contributed by atoms with Crippen LogP contribution in [-0.2, 0) is 18.3 Å². The van der Waals surface area contributed by atoms with Crippen molar-refractivity contribution in [3.63, 3.8) is 0 Å². The molecule has 7 heteroatoms. The molecule has 4 N–H and O–H groups in total. The standard InChI is InChI=1S/C25H33N5O2/c1-28-24(27)25(12-13-26)20-10-8-18(22(31)29(2)3)14-16(20)6-7-17-15-19(9-11-21(17)25)23(32)30(4)5/h8-11,14-15H,6-7,12-13,26H2,1-5H3,(H2,27,28). The Bertz CT molecular complexity index is 1000. The van der Waals surface area contributed by atoms with Crippen molar-refractivity contribution in [1.29, 1.82) is 0 Å².